The molecule has 1 aromatic carbocycles. The van der Waals surface area contributed by atoms with Crippen molar-refractivity contribution in [2.24, 2.45) is 0 Å². The predicted molar refractivity (Wildman–Crippen MR) is 67.4 cm³/mol. The van der Waals surface area contributed by atoms with Crippen LogP contribution in [0.3, 0.4) is 0 Å². The molecule has 0 saturated carbocycles. The molecule has 1 rings (SSSR count). The monoisotopic (exact) mass is 221 g/mol. The third-order valence-electron chi connectivity index (χ3n) is 2.79. The molecule has 0 spiro atoms. The maximum atomic E-state index is 11.8. The van der Waals surface area contributed by atoms with Gasteiger partial charge in [-0.3, -0.25) is 9.69 Å². The Bertz CT molecular complexity index is 388. The van der Waals surface area contributed by atoms with Crippen LogP contribution in [0, 0.1) is 6.92 Å². The maximum absolute atomic E-state index is 11.8. The van der Waals surface area contributed by atoms with Gasteiger partial charge >= 0.3 is 0 Å². The number of nitrogens with one attached hydrogen (secondary N) is 1. The molecule has 3 N–H and O–H groups in total. The molecular formula is C12H19N3O. The molecule has 0 heterocycles. The van der Waals surface area contributed by atoms with E-state index in [9.17, 15) is 4.79 Å². The summed E-state index contributed by atoms with van der Waals surface area (Å²) < 4.78 is 0. The average molecular weight is 221 g/mol. The Hall–Kier alpha value is -1.55. The van der Waals surface area contributed by atoms with Crippen LogP contribution in [0.15, 0.2) is 18.2 Å². The first-order valence-corrected chi connectivity index (χ1v) is 5.26. The van der Waals surface area contributed by atoms with E-state index >= 15 is 0 Å². The number of nitrogens with zero attached hydrogens (tertiary/aromatic N) is 1. The van der Waals surface area contributed by atoms with Crippen LogP contribution in [0.4, 0.5) is 11.4 Å². The zero-order valence-electron chi connectivity index (χ0n) is 10.2. The third-order valence-corrected chi connectivity index (χ3v) is 2.79. The minimum Gasteiger partial charge on any atom is -0.398 e. The molecule has 1 aromatic rings. The molecule has 0 saturated heterocycles. The quantitative estimate of drug-likeness (QED) is 0.760. The fraction of sp³-hybridized carbons (Fsp3) is 0.417. The van der Waals surface area contributed by atoms with Crippen LogP contribution in [-0.4, -0.2) is 30.9 Å². The van der Waals surface area contributed by atoms with Crippen LogP contribution in [0.1, 0.15) is 12.5 Å². The summed E-state index contributed by atoms with van der Waals surface area (Å²) in [5.74, 6) is -0.0290. The summed E-state index contributed by atoms with van der Waals surface area (Å²) in [5, 5.41) is 2.87. The van der Waals surface area contributed by atoms with Gasteiger partial charge in [0.05, 0.1) is 6.04 Å². The van der Waals surface area contributed by atoms with Crippen molar-refractivity contribution in [2.75, 3.05) is 25.1 Å². The second-order valence-corrected chi connectivity index (χ2v) is 4.15. The van der Waals surface area contributed by atoms with Crippen molar-refractivity contribution in [1.29, 1.82) is 0 Å². The highest BCUT2D eigenvalue weighted by Crippen LogP contribution is 2.20. The normalized spacial score (nSPS) is 12.6. The Morgan fingerprint density at radius 3 is 2.62 bits per heavy atom. The van der Waals surface area contributed by atoms with Gasteiger partial charge in [0.25, 0.3) is 0 Å². The first-order chi connectivity index (χ1) is 7.43. The molecule has 0 aliphatic rings. The van der Waals surface area contributed by atoms with E-state index in [0.29, 0.717) is 5.69 Å². The maximum Gasteiger partial charge on any atom is 0.241 e. The predicted octanol–water partition coefficient (Wildman–Crippen LogP) is 1.47. The molecule has 88 valence electrons. The first-order valence-electron chi connectivity index (χ1n) is 5.26. The van der Waals surface area contributed by atoms with Crippen molar-refractivity contribution >= 4 is 17.3 Å². The second-order valence-electron chi connectivity index (χ2n) is 4.15. The summed E-state index contributed by atoms with van der Waals surface area (Å²) in [4.78, 5) is 13.7. The van der Waals surface area contributed by atoms with Gasteiger partial charge in [-0.05, 0) is 45.6 Å². The molecule has 1 atom stereocenters. The zero-order chi connectivity index (χ0) is 12.3. The van der Waals surface area contributed by atoms with E-state index in [-0.39, 0.29) is 11.9 Å². The summed E-state index contributed by atoms with van der Waals surface area (Å²) >= 11 is 0. The summed E-state index contributed by atoms with van der Waals surface area (Å²) in [6, 6.07) is 5.34. The van der Waals surface area contributed by atoms with E-state index in [1.54, 1.807) is 0 Å². The largest absolute Gasteiger partial charge is 0.398 e. The lowest BCUT2D eigenvalue weighted by Crippen LogP contribution is -2.37. The lowest BCUT2D eigenvalue weighted by molar-refractivity contribution is -0.119. The smallest absolute Gasteiger partial charge is 0.241 e. The fourth-order valence-corrected chi connectivity index (χ4v) is 1.26. The van der Waals surface area contributed by atoms with Crippen molar-refractivity contribution < 1.29 is 4.79 Å². The van der Waals surface area contributed by atoms with Crippen LogP contribution in [0.5, 0.6) is 0 Å². The number of likely N-dealkylation sites (N-methyl/N-ethyl adjacent to an activating group) is 1. The Labute approximate surface area is 96.4 Å². The number of nitrogens with two attached hydrogens (primary N) is 1. The van der Waals surface area contributed by atoms with E-state index in [1.165, 1.54) is 0 Å². The molecule has 0 bridgehead atoms. The van der Waals surface area contributed by atoms with Gasteiger partial charge in [-0.2, -0.15) is 0 Å². The molecule has 0 aromatic heterocycles. The van der Waals surface area contributed by atoms with E-state index in [4.69, 9.17) is 5.73 Å². The molecule has 1 unspecified atom stereocenters. The van der Waals surface area contributed by atoms with Crippen LogP contribution in [-0.2, 0) is 4.79 Å². The summed E-state index contributed by atoms with van der Waals surface area (Å²) in [7, 11) is 3.74. The lowest BCUT2D eigenvalue weighted by Gasteiger charge is -2.19. The highest BCUT2D eigenvalue weighted by Gasteiger charge is 2.15. The van der Waals surface area contributed by atoms with Gasteiger partial charge in [0.1, 0.15) is 0 Å². The Morgan fingerprint density at radius 2 is 2.06 bits per heavy atom. The molecule has 0 fully saturated rings. The van der Waals surface area contributed by atoms with Crippen molar-refractivity contribution in [3.05, 3.63) is 23.8 Å². The number of hydrogen-bond acceptors (Lipinski definition) is 3. The van der Waals surface area contributed by atoms with Gasteiger partial charge in [0.2, 0.25) is 5.91 Å². The number of carbonyl (C=O) groups excluding carboxylic acids is 1. The van der Waals surface area contributed by atoms with Gasteiger partial charge in [0.15, 0.2) is 0 Å². The minimum absolute atomic E-state index is 0.0290. The van der Waals surface area contributed by atoms with E-state index in [0.717, 1.165) is 11.3 Å². The Kier molecular flexibility index (Phi) is 3.90. The average Bonchev–Trinajstić information content (AvgIpc) is 2.23. The molecule has 1 amide bonds. The van der Waals surface area contributed by atoms with Gasteiger partial charge in [-0.25, -0.2) is 0 Å². The second kappa shape index (κ2) is 4.99. The fourth-order valence-electron chi connectivity index (χ4n) is 1.26. The van der Waals surface area contributed by atoms with Crippen molar-refractivity contribution in [2.45, 2.75) is 19.9 Å². The highest BCUT2D eigenvalue weighted by molar-refractivity contribution is 5.95. The van der Waals surface area contributed by atoms with Crippen molar-refractivity contribution in [1.82, 2.24) is 4.90 Å². The van der Waals surface area contributed by atoms with Gasteiger partial charge in [-0.15, -0.1) is 0 Å². The van der Waals surface area contributed by atoms with Gasteiger partial charge < -0.3 is 11.1 Å². The number of amides is 1. The molecule has 0 aliphatic carbocycles. The third kappa shape index (κ3) is 2.73. The Balaban J connectivity index is 2.81. The number of benzene rings is 1. The lowest BCUT2D eigenvalue weighted by atomic mass is 10.1. The molecule has 0 radical (unpaired) electrons. The van der Waals surface area contributed by atoms with Gasteiger partial charge in [0, 0.05) is 11.4 Å². The van der Waals surface area contributed by atoms with Crippen LogP contribution < -0.4 is 11.1 Å². The Morgan fingerprint density at radius 1 is 1.44 bits per heavy atom. The van der Waals surface area contributed by atoms with Crippen molar-refractivity contribution in [3.8, 4) is 0 Å². The summed E-state index contributed by atoms with van der Waals surface area (Å²) in [6.07, 6.45) is 0. The standard InChI is InChI=1S/C12H19N3O/c1-8-10(13)6-5-7-11(8)14-12(16)9(2)15(3)4/h5-7,9H,13H2,1-4H3,(H,14,16). The summed E-state index contributed by atoms with van der Waals surface area (Å²) in [5.41, 5.74) is 8.14. The number of carbonyl (C=O) groups is 1. The SMILES string of the molecule is Cc1c(N)cccc1NC(=O)C(C)N(C)C. The van der Waals surface area contributed by atoms with Gasteiger partial charge in [-0.1, -0.05) is 6.07 Å². The minimum atomic E-state index is -0.166. The molecule has 0 aliphatic heterocycles. The number of nitrogen functional groups attached to an aromatic ring is 1. The number of anilines is 2. The van der Waals surface area contributed by atoms with E-state index in [1.807, 2.05) is 51.0 Å². The van der Waals surface area contributed by atoms with Crippen LogP contribution >= 0.6 is 0 Å². The number of rotatable bonds is 3. The van der Waals surface area contributed by atoms with Crippen molar-refractivity contribution in [3.63, 3.8) is 0 Å². The van der Waals surface area contributed by atoms with Crippen LogP contribution in [0.2, 0.25) is 0 Å². The molecule has 4 nitrogen and oxygen atoms in total. The zero-order valence-corrected chi connectivity index (χ0v) is 10.2. The van der Waals surface area contributed by atoms with E-state index < -0.39 is 0 Å². The molecule has 16 heavy (non-hydrogen) atoms. The summed E-state index contributed by atoms with van der Waals surface area (Å²) in [6.45, 7) is 3.75. The first kappa shape index (κ1) is 12.5. The van der Waals surface area contributed by atoms with E-state index in [2.05, 4.69) is 5.32 Å². The highest BCUT2D eigenvalue weighted by atomic mass is 16.2. The topological polar surface area (TPSA) is 58.4 Å². The molecule has 4 heteroatoms. The van der Waals surface area contributed by atoms with Crippen LogP contribution in [0.25, 0.3) is 0 Å². The number of hydrogen-bond donors (Lipinski definition) is 2. The molecular weight excluding hydrogens is 202 g/mol.